The monoisotopic (exact) mass is 221 g/mol. The summed E-state index contributed by atoms with van der Waals surface area (Å²) in [5.74, 6) is 0. The SMILES string of the molecule is CCn1cc(CNc2cscc2C)cn1. The fraction of sp³-hybridized carbons (Fsp3) is 0.364. The van der Waals surface area contributed by atoms with Crippen molar-refractivity contribution in [1.82, 2.24) is 9.78 Å². The Morgan fingerprint density at radius 3 is 2.93 bits per heavy atom. The molecule has 0 aliphatic rings. The van der Waals surface area contributed by atoms with Crippen LogP contribution in [0.2, 0.25) is 0 Å². The van der Waals surface area contributed by atoms with Crippen LogP contribution in [-0.2, 0) is 13.1 Å². The van der Waals surface area contributed by atoms with Crippen LogP contribution in [0.5, 0.6) is 0 Å². The summed E-state index contributed by atoms with van der Waals surface area (Å²) in [5, 5.41) is 11.9. The lowest BCUT2D eigenvalue weighted by Crippen LogP contribution is -1.98. The van der Waals surface area contributed by atoms with Gasteiger partial charge in [-0.15, -0.1) is 11.3 Å². The summed E-state index contributed by atoms with van der Waals surface area (Å²) in [6.45, 7) is 5.98. The predicted molar refractivity (Wildman–Crippen MR) is 64.3 cm³/mol. The second-order valence-corrected chi connectivity index (χ2v) is 4.27. The van der Waals surface area contributed by atoms with Crippen LogP contribution in [0.25, 0.3) is 0 Å². The van der Waals surface area contributed by atoms with Crippen LogP contribution in [0.1, 0.15) is 18.1 Å². The Kier molecular flexibility index (Phi) is 3.06. The van der Waals surface area contributed by atoms with Gasteiger partial charge in [-0.05, 0) is 24.8 Å². The Morgan fingerprint density at radius 1 is 1.47 bits per heavy atom. The van der Waals surface area contributed by atoms with Gasteiger partial charge in [0, 0.05) is 35.9 Å². The maximum atomic E-state index is 4.24. The first-order chi connectivity index (χ1) is 7.29. The highest BCUT2D eigenvalue weighted by molar-refractivity contribution is 7.08. The lowest BCUT2D eigenvalue weighted by molar-refractivity contribution is 0.659. The quantitative estimate of drug-likeness (QED) is 0.860. The maximum absolute atomic E-state index is 4.24. The number of hydrogen-bond acceptors (Lipinski definition) is 3. The lowest BCUT2D eigenvalue weighted by Gasteiger charge is -2.02. The van der Waals surface area contributed by atoms with Gasteiger partial charge in [0.05, 0.1) is 6.20 Å². The number of aromatic nitrogens is 2. The smallest absolute Gasteiger partial charge is 0.0539 e. The fourth-order valence-electron chi connectivity index (χ4n) is 1.41. The molecule has 2 heterocycles. The second-order valence-electron chi connectivity index (χ2n) is 3.53. The minimum absolute atomic E-state index is 0.845. The van der Waals surface area contributed by atoms with E-state index in [0.29, 0.717) is 0 Å². The van der Waals surface area contributed by atoms with E-state index < -0.39 is 0 Å². The van der Waals surface area contributed by atoms with E-state index in [9.17, 15) is 0 Å². The van der Waals surface area contributed by atoms with Crippen LogP contribution < -0.4 is 5.32 Å². The Labute approximate surface area is 93.7 Å². The predicted octanol–water partition coefficient (Wildman–Crippen LogP) is 2.89. The summed E-state index contributed by atoms with van der Waals surface area (Å²) in [6, 6.07) is 0. The Bertz CT molecular complexity index is 430. The first-order valence-electron chi connectivity index (χ1n) is 5.07. The van der Waals surface area contributed by atoms with Gasteiger partial charge in [0.25, 0.3) is 0 Å². The molecular formula is C11H15N3S. The summed E-state index contributed by atoms with van der Waals surface area (Å²) in [7, 11) is 0. The molecule has 2 aromatic rings. The molecule has 0 aliphatic heterocycles. The Balaban J connectivity index is 1.96. The molecule has 0 aromatic carbocycles. The molecule has 15 heavy (non-hydrogen) atoms. The third-order valence-electron chi connectivity index (χ3n) is 2.35. The van der Waals surface area contributed by atoms with Gasteiger partial charge in [-0.1, -0.05) is 0 Å². The highest BCUT2D eigenvalue weighted by atomic mass is 32.1. The summed E-state index contributed by atoms with van der Waals surface area (Å²) < 4.78 is 1.94. The van der Waals surface area contributed by atoms with Gasteiger partial charge in [-0.2, -0.15) is 5.10 Å². The summed E-state index contributed by atoms with van der Waals surface area (Å²) >= 11 is 1.73. The number of nitrogens with one attached hydrogen (secondary N) is 1. The van der Waals surface area contributed by atoms with E-state index in [4.69, 9.17) is 0 Å². The lowest BCUT2D eigenvalue weighted by atomic mass is 10.3. The van der Waals surface area contributed by atoms with Crippen LogP contribution in [-0.4, -0.2) is 9.78 Å². The topological polar surface area (TPSA) is 29.9 Å². The Morgan fingerprint density at radius 2 is 2.33 bits per heavy atom. The standard InChI is InChI=1S/C11H15N3S/c1-3-14-6-10(5-13-14)4-12-11-8-15-7-9(11)2/h5-8,12H,3-4H2,1-2H3. The zero-order valence-electron chi connectivity index (χ0n) is 9.03. The largest absolute Gasteiger partial charge is 0.380 e. The van der Waals surface area contributed by atoms with E-state index in [1.54, 1.807) is 11.3 Å². The van der Waals surface area contributed by atoms with Crippen molar-refractivity contribution in [3.8, 4) is 0 Å². The van der Waals surface area contributed by atoms with Gasteiger partial charge < -0.3 is 5.32 Å². The summed E-state index contributed by atoms with van der Waals surface area (Å²) in [4.78, 5) is 0. The third kappa shape index (κ3) is 2.39. The van der Waals surface area contributed by atoms with E-state index in [1.165, 1.54) is 16.8 Å². The van der Waals surface area contributed by atoms with Gasteiger partial charge in [0.15, 0.2) is 0 Å². The molecule has 0 bridgehead atoms. The zero-order chi connectivity index (χ0) is 10.7. The van der Waals surface area contributed by atoms with Gasteiger partial charge in [-0.25, -0.2) is 0 Å². The number of nitrogens with zero attached hydrogens (tertiary/aromatic N) is 2. The normalized spacial score (nSPS) is 10.5. The maximum Gasteiger partial charge on any atom is 0.0539 e. The van der Waals surface area contributed by atoms with Crippen molar-refractivity contribution in [2.45, 2.75) is 26.9 Å². The molecule has 0 radical (unpaired) electrons. The highest BCUT2D eigenvalue weighted by Crippen LogP contribution is 2.19. The van der Waals surface area contributed by atoms with Crippen molar-refractivity contribution in [2.24, 2.45) is 0 Å². The van der Waals surface area contributed by atoms with Crippen molar-refractivity contribution in [1.29, 1.82) is 0 Å². The van der Waals surface area contributed by atoms with E-state index in [-0.39, 0.29) is 0 Å². The molecule has 4 heteroatoms. The molecule has 2 rings (SSSR count). The fourth-order valence-corrected chi connectivity index (χ4v) is 2.21. The van der Waals surface area contributed by atoms with Gasteiger partial charge in [0.1, 0.15) is 0 Å². The molecule has 0 saturated heterocycles. The minimum Gasteiger partial charge on any atom is -0.380 e. The molecule has 0 aliphatic carbocycles. The van der Waals surface area contributed by atoms with E-state index in [0.717, 1.165) is 13.1 Å². The van der Waals surface area contributed by atoms with Gasteiger partial charge in [0.2, 0.25) is 0 Å². The van der Waals surface area contributed by atoms with Gasteiger partial charge >= 0.3 is 0 Å². The zero-order valence-corrected chi connectivity index (χ0v) is 9.84. The molecule has 0 fully saturated rings. The molecule has 0 amide bonds. The summed E-state index contributed by atoms with van der Waals surface area (Å²) in [5.41, 5.74) is 3.76. The second kappa shape index (κ2) is 4.49. The van der Waals surface area contributed by atoms with Crippen LogP contribution in [0.3, 0.4) is 0 Å². The molecule has 3 nitrogen and oxygen atoms in total. The van der Waals surface area contributed by atoms with Crippen LogP contribution >= 0.6 is 11.3 Å². The number of anilines is 1. The van der Waals surface area contributed by atoms with Gasteiger partial charge in [-0.3, -0.25) is 4.68 Å². The van der Waals surface area contributed by atoms with Crippen molar-refractivity contribution < 1.29 is 0 Å². The molecule has 80 valence electrons. The number of thiophene rings is 1. The highest BCUT2D eigenvalue weighted by Gasteiger charge is 2.00. The van der Waals surface area contributed by atoms with Crippen molar-refractivity contribution >= 4 is 17.0 Å². The average Bonchev–Trinajstić information content (AvgIpc) is 2.84. The van der Waals surface area contributed by atoms with Crippen molar-refractivity contribution in [2.75, 3.05) is 5.32 Å². The Hall–Kier alpha value is -1.29. The van der Waals surface area contributed by atoms with Crippen molar-refractivity contribution in [3.63, 3.8) is 0 Å². The third-order valence-corrected chi connectivity index (χ3v) is 3.21. The van der Waals surface area contributed by atoms with Crippen LogP contribution in [0.4, 0.5) is 5.69 Å². The number of aryl methyl sites for hydroxylation is 2. The van der Waals surface area contributed by atoms with Crippen LogP contribution in [0, 0.1) is 6.92 Å². The number of rotatable bonds is 4. The molecule has 0 atom stereocenters. The van der Waals surface area contributed by atoms with Crippen LogP contribution in [0.15, 0.2) is 23.2 Å². The van der Waals surface area contributed by atoms with E-state index in [2.05, 4.69) is 41.2 Å². The minimum atomic E-state index is 0.845. The average molecular weight is 221 g/mol. The number of hydrogen-bond donors (Lipinski definition) is 1. The van der Waals surface area contributed by atoms with E-state index in [1.807, 2.05) is 10.9 Å². The van der Waals surface area contributed by atoms with Crippen molar-refractivity contribution in [3.05, 3.63) is 34.3 Å². The molecular weight excluding hydrogens is 206 g/mol. The first-order valence-corrected chi connectivity index (χ1v) is 6.02. The molecule has 0 spiro atoms. The molecule has 0 unspecified atom stereocenters. The summed E-state index contributed by atoms with van der Waals surface area (Å²) in [6.07, 6.45) is 3.99. The molecule has 1 N–H and O–H groups in total. The molecule has 2 aromatic heterocycles. The molecule has 0 saturated carbocycles. The first kappa shape index (κ1) is 10.2. The van der Waals surface area contributed by atoms with E-state index >= 15 is 0 Å².